The van der Waals surface area contributed by atoms with Crippen molar-refractivity contribution in [2.24, 2.45) is 11.8 Å². The summed E-state index contributed by atoms with van der Waals surface area (Å²) in [5.74, 6) is 0.796. The summed E-state index contributed by atoms with van der Waals surface area (Å²) in [5.41, 5.74) is -1.88. The van der Waals surface area contributed by atoms with Gasteiger partial charge in [0.25, 0.3) is 0 Å². The molecule has 0 bridgehead atoms. The van der Waals surface area contributed by atoms with E-state index in [1.54, 1.807) is 0 Å². The first-order chi connectivity index (χ1) is 8.63. The molecule has 6 heteroatoms. The topological polar surface area (TPSA) is 33.1 Å². The fraction of sp³-hybridized carbons (Fsp3) is 0.615. The van der Waals surface area contributed by atoms with E-state index >= 15 is 0 Å². The number of aliphatic hydroxyl groups is 1. The molecule has 1 aliphatic rings. The van der Waals surface area contributed by atoms with Gasteiger partial charge < -0.3 is 5.11 Å². The largest absolute Gasteiger partial charge is 0.433 e. The molecule has 1 heterocycles. The number of rotatable bonds is 2. The molecule has 2 nitrogen and oxygen atoms in total. The lowest BCUT2D eigenvalue weighted by Crippen LogP contribution is -2.43. The van der Waals surface area contributed by atoms with Crippen LogP contribution in [0.4, 0.5) is 13.2 Å². The summed E-state index contributed by atoms with van der Waals surface area (Å²) in [6.07, 6.45) is -3.50. The molecule has 1 N–H and O–H groups in total. The van der Waals surface area contributed by atoms with Crippen LogP contribution >= 0.6 is 11.6 Å². The predicted molar refractivity (Wildman–Crippen MR) is 65.7 cm³/mol. The highest BCUT2D eigenvalue weighted by Gasteiger charge is 2.46. The van der Waals surface area contributed by atoms with Gasteiger partial charge in [-0.1, -0.05) is 31.5 Å². The highest BCUT2D eigenvalue weighted by molar-refractivity contribution is 6.30. The summed E-state index contributed by atoms with van der Waals surface area (Å²) >= 11 is 5.79. The van der Waals surface area contributed by atoms with Crippen molar-refractivity contribution in [1.82, 2.24) is 4.98 Å². The molecule has 0 radical (unpaired) electrons. The molecule has 1 aliphatic carbocycles. The maximum Gasteiger partial charge on any atom is 0.433 e. The van der Waals surface area contributed by atoms with Crippen LogP contribution in [0.1, 0.15) is 37.9 Å². The van der Waals surface area contributed by atoms with Gasteiger partial charge in [0.05, 0.1) is 5.60 Å². The van der Waals surface area contributed by atoms with Crippen molar-refractivity contribution < 1.29 is 18.3 Å². The van der Waals surface area contributed by atoms with Crippen LogP contribution in [0, 0.1) is 11.8 Å². The highest BCUT2D eigenvalue weighted by Crippen LogP contribution is 2.50. The third kappa shape index (κ3) is 2.72. The molecule has 0 unspecified atom stereocenters. The molecule has 1 fully saturated rings. The van der Waals surface area contributed by atoms with Gasteiger partial charge in [-0.2, -0.15) is 13.2 Å². The Morgan fingerprint density at radius 1 is 1.37 bits per heavy atom. The number of alkyl halides is 3. The van der Waals surface area contributed by atoms with Crippen molar-refractivity contribution >= 4 is 11.6 Å². The van der Waals surface area contributed by atoms with E-state index in [2.05, 4.69) is 18.8 Å². The Morgan fingerprint density at radius 3 is 2.37 bits per heavy atom. The van der Waals surface area contributed by atoms with Gasteiger partial charge in [0.15, 0.2) is 0 Å². The van der Waals surface area contributed by atoms with E-state index in [4.69, 9.17) is 11.6 Å². The number of hydrogen-bond acceptors (Lipinski definition) is 2. The van der Waals surface area contributed by atoms with E-state index in [1.807, 2.05) is 0 Å². The number of pyridine rings is 1. The Morgan fingerprint density at radius 2 is 1.95 bits per heavy atom. The second-order valence-corrected chi connectivity index (χ2v) is 5.83. The average molecular weight is 294 g/mol. The minimum Gasteiger partial charge on any atom is -0.385 e. The minimum atomic E-state index is -4.52. The van der Waals surface area contributed by atoms with E-state index < -0.39 is 17.5 Å². The number of halogens is 4. The lowest BCUT2D eigenvalue weighted by atomic mass is 9.64. The molecule has 0 amide bonds. The Balaban J connectivity index is 2.24. The Labute approximate surface area is 114 Å². The van der Waals surface area contributed by atoms with E-state index in [0.29, 0.717) is 30.2 Å². The van der Waals surface area contributed by atoms with E-state index in [1.165, 1.54) is 6.07 Å². The molecule has 1 aromatic rings. The summed E-state index contributed by atoms with van der Waals surface area (Å²) in [6.45, 7) is 4.10. The molecule has 0 saturated heterocycles. The van der Waals surface area contributed by atoms with Gasteiger partial charge in [-0.3, -0.25) is 0 Å². The van der Waals surface area contributed by atoms with Crippen molar-refractivity contribution in [3.63, 3.8) is 0 Å². The monoisotopic (exact) mass is 293 g/mol. The summed E-state index contributed by atoms with van der Waals surface area (Å²) in [7, 11) is 0. The first kappa shape index (κ1) is 14.6. The standard InChI is InChI=1S/C13H15ClF3NO/c1-7(2)8-5-12(19,6-8)9-3-4-10(13(15,16)17)18-11(9)14/h3-4,7-8,19H,5-6H2,1-2H3. The normalized spacial score (nSPS) is 27.5. The first-order valence-electron chi connectivity index (χ1n) is 6.10. The van der Waals surface area contributed by atoms with Crippen molar-refractivity contribution in [3.05, 3.63) is 28.5 Å². The molecule has 0 spiro atoms. The maximum atomic E-state index is 12.5. The summed E-state index contributed by atoms with van der Waals surface area (Å²) in [4.78, 5) is 3.34. The zero-order valence-corrected chi connectivity index (χ0v) is 11.4. The van der Waals surface area contributed by atoms with Crippen LogP contribution in [0.25, 0.3) is 0 Å². The van der Waals surface area contributed by atoms with Gasteiger partial charge in [0.1, 0.15) is 10.8 Å². The third-order valence-corrected chi connectivity index (χ3v) is 4.07. The summed E-state index contributed by atoms with van der Waals surface area (Å²) in [5, 5.41) is 10.1. The predicted octanol–water partition coefficient (Wildman–Crippen LogP) is 4.01. The third-order valence-electron chi connectivity index (χ3n) is 3.78. The van der Waals surface area contributed by atoms with Crippen molar-refractivity contribution in [3.8, 4) is 0 Å². The SMILES string of the molecule is CC(C)C1CC(O)(c2ccc(C(F)(F)F)nc2Cl)C1. The smallest absolute Gasteiger partial charge is 0.385 e. The number of aromatic nitrogens is 1. The van der Waals surface area contributed by atoms with Crippen molar-refractivity contribution in [2.75, 3.05) is 0 Å². The van der Waals surface area contributed by atoms with Crippen LogP contribution in [0.3, 0.4) is 0 Å². The minimum absolute atomic E-state index is 0.264. The van der Waals surface area contributed by atoms with Crippen molar-refractivity contribution in [1.29, 1.82) is 0 Å². The molecule has 0 aromatic carbocycles. The van der Waals surface area contributed by atoms with Crippen LogP contribution in [0.15, 0.2) is 12.1 Å². The molecule has 1 saturated carbocycles. The van der Waals surface area contributed by atoms with Gasteiger partial charge in [-0.15, -0.1) is 0 Å². The van der Waals surface area contributed by atoms with Gasteiger partial charge in [-0.25, -0.2) is 4.98 Å². The molecular formula is C13H15ClF3NO. The van der Waals surface area contributed by atoms with Crippen LogP contribution in [0.2, 0.25) is 5.15 Å². The van der Waals surface area contributed by atoms with Crippen LogP contribution in [-0.4, -0.2) is 10.1 Å². The fourth-order valence-corrected chi connectivity index (χ4v) is 2.77. The molecule has 1 aromatic heterocycles. The van der Waals surface area contributed by atoms with Gasteiger partial charge in [0, 0.05) is 5.56 Å². The second-order valence-electron chi connectivity index (χ2n) is 5.48. The quantitative estimate of drug-likeness (QED) is 0.836. The molecule has 106 valence electrons. The van der Waals surface area contributed by atoms with Crippen LogP contribution in [0.5, 0.6) is 0 Å². The molecular weight excluding hydrogens is 279 g/mol. The van der Waals surface area contributed by atoms with Crippen LogP contribution < -0.4 is 0 Å². The fourth-order valence-electron chi connectivity index (χ4n) is 2.44. The van der Waals surface area contributed by atoms with Crippen LogP contribution in [-0.2, 0) is 11.8 Å². The maximum absolute atomic E-state index is 12.5. The molecule has 2 rings (SSSR count). The lowest BCUT2D eigenvalue weighted by molar-refractivity contribution is -0.141. The number of nitrogens with zero attached hydrogens (tertiary/aromatic N) is 1. The highest BCUT2D eigenvalue weighted by atomic mass is 35.5. The second kappa shape index (κ2) is 4.63. The first-order valence-corrected chi connectivity index (χ1v) is 6.48. The van der Waals surface area contributed by atoms with E-state index in [-0.39, 0.29) is 5.15 Å². The van der Waals surface area contributed by atoms with Gasteiger partial charge >= 0.3 is 6.18 Å². The summed E-state index contributed by atoms with van der Waals surface area (Å²) in [6, 6.07) is 2.09. The zero-order valence-electron chi connectivity index (χ0n) is 10.6. The Hall–Kier alpha value is -0.810. The van der Waals surface area contributed by atoms with Crippen molar-refractivity contribution in [2.45, 2.75) is 38.5 Å². The molecule has 0 aliphatic heterocycles. The van der Waals surface area contributed by atoms with E-state index in [9.17, 15) is 18.3 Å². The average Bonchev–Trinajstić information content (AvgIpc) is 2.23. The zero-order chi connectivity index (χ0) is 14.4. The Bertz CT molecular complexity index is 481. The van der Waals surface area contributed by atoms with Gasteiger partial charge in [0.2, 0.25) is 0 Å². The molecule has 0 atom stereocenters. The van der Waals surface area contributed by atoms with E-state index in [0.717, 1.165) is 6.07 Å². The Kier molecular flexibility index (Phi) is 3.56. The molecule has 19 heavy (non-hydrogen) atoms. The lowest BCUT2D eigenvalue weighted by Gasteiger charge is -2.46. The van der Waals surface area contributed by atoms with Gasteiger partial charge in [-0.05, 0) is 30.7 Å². The number of hydrogen-bond donors (Lipinski definition) is 1. The summed E-state index contributed by atoms with van der Waals surface area (Å²) < 4.78 is 37.4.